The van der Waals surface area contributed by atoms with E-state index in [-0.39, 0.29) is 18.4 Å². The summed E-state index contributed by atoms with van der Waals surface area (Å²) in [7, 11) is 0. The standard InChI is InChI=1S/C20H35NO4S/c1-16(26)8-6-10-18(22)14-13-17-9-7-11-19(23)21(17)15-5-3-2-4-12-20(24)25/h13-14,16-18,22,26H,2-12,15H2,1H3,(H,24,25)/b14-13+/t16?,17-,18?/m1/s1. The van der Waals surface area contributed by atoms with E-state index in [0.717, 1.165) is 51.4 Å². The van der Waals surface area contributed by atoms with E-state index in [9.17, 15) is 14.7 Å². The fourth-order valence-electron chi connectivity index (χ4n) is 3.32. The van der Waals surface area contributed by atoms with E-state index in [1.54, 1.807) is 0 Å². The predicted octanol–water partition coefficient (Wildman–Crippen LogP) is 3.81. The average Bonchev–Trinajstić information content (AvgIpc) is 2.57. The van der Waals surface area contributed by atoms with E-state index in [2.05, 4.69) is 19.6 Å². The molecule has 2 unspecified atom stereocenters. The average molecular weight is 386 g/mol. The fourth-order valence-corrected chi connectivity index (χ4v) is 3.51. The van der Waals surface area contributed by atoms with Crippen molar-refractivity contribution in [3.8, 4) is 0 Å². The maximum absolute atomic E-state index is 12.2. The molecule has 0 spiro atoms. The molecule has 0 bridgehead atoms. The van der Waals surface area contributed by atoms with Crippen molar-refractivity contribution in [3.05, 3.63) is 12.2 Å². The number of piperidine rings is 1. The fraction of sp³-hybridized carbons (Fsp3) is 0.800. The minimum atomic E-state index is -0.746. The van der Waals surface area contributed by atoms with E-state index in [0.29, 0.717) is 24.6 Å². The first-order chi connectivity index (χ1) is 12.4. The van der Waals surface area contributed by atoms with Crippen LogP contribution in [-0.2, 0) is 9.59 Å². The van der Waals surface area contributed by atoms with Gasteiger partial charge in [-0.05, 0) is 50.2 Å². The van der Waals surface area contributed by atoms with Crippen LogP contribution >= 0.6 is 12.6 Å². The third-order valence-corrected chi connectivity index (χ3v) is 5.09. The van der Waals surface area contributed by atoms with Gasteiger partial charge in [0.2, 0.25) is 5.91 Å². The van der Waals surface area contributed by atoms with Crippen LogP contribution in [0.25, 0.3) is 0 Å². The zero-order valence-electron chi connectivity index (χ0n) is 16.0. The number of unbranched alkanes of at least 4 members (excludes halogenated alkanes) is 3. The second-order valence-corrected chi connectivity index (χ2v) is 8.22. The molecule has 1 heterocycles. The molecule has 0 aromatic rings. The molecule has 0 aromatic carbocycles. The Morgan fingerprint density at radius 1 is 1.27 bits per heavy atom. The molecular formula is C20H35NO4S. The molecule has 3 atom stereocenters. The number of aliphatic hydroxyl groups is 1. The number of rotatable bonds is 13. The molecule has 0 saturated carbocycles. The van der Waals surface area contributed by atoms with Crippen molar-refractivity contribution in [1.82, 2.24) is 4.90 Å². The van der Waals surface area contributed by atoms with Gasteiger partial charge < -0.3 is 15.1 Å². The molecule has 1 aliphatic rings. The van der Waals surface area contributed by atoms with Crippen molar-refractivity contribution in [1.29, 1.82) is 0 Å². The Balaban J connectivity index is 2.37. The Kier molecular flexibility index (Phi) is 11.7. The Morgan fingerprint density at radius 3 is 2.69 bits per heavy atom. The second kappa shape index (κ2) is 13.2. The number of carbonyl (C=O) groups excluding carboxylic acids is 1. The minimum Gasteiger partial charge on any atom is -0.481 e. The van der Waals surface area contributed by atoms with Crippen molar-refractivity contribution in [3.63, 3.8) is 0 Å². The zero-order valence-corrected chi connectivity index (χ0v) is 16.9. The summed E-state index contributed by atoms with van der Waals surface area (Å²) < 4.78 is 0. The highest BCUT2D eigenvalue weighted by molar-refractivity contribution is 7.80. The number of carboxylic acid groups (broad SMARTS) is 1. The van der Waals surface area contributed by atoms with Gasteiger partial charge in [0, 0.05) is 19.4 Å². The first-order valence-electron chi connectivity index (χ1n) is 9.96. The monoisotopic (exact) mass is 385 g/mol. The molecule has 1 aliphatic heterocycles. The van der Waals surface area contributed by atoms with Gasteiger partial charge in [0.15, 0.2) is 0 Å². The van der Waals surface area contributed by atoms with Crippen LogP contribution < -0.4 is 0 Å². The Labute approximate surface area is 163 Å². The quantitative estimate of drug-likeness (QED) is 0.256. The number of thiol groups is 1. The molecule has 6 heteroatoms. The van der Waals surface area contributed by atoms with Crippen molar-refractivity contribution in [2.75, 3.05) is 6.54 Å². The lowest BCUT2D eigenvalue weighted by atomic mass is 9.99. The molecule has 150 valence electrons. The molecule has 1 fully saturated rings. The van der Waals surface area contributed by atoms with Crippen LogP contribution in [0.5, 0.6) is 0 Å². The third kappa shape index (κ3) is 10.2. The predicted molar refractivity (Wildman–Crippen MR) is 108 cm³/mol. The molecule has 0 radical (unpaired) electrons. The van der Waals surface area contributed by atoms with Gasteiger partial charge in [0.05, 0.1) is 12.1 Å². The topological polar surface area (TPSA) is 77.8 Å². The highest BCUT2D eigenvalue weighted by Gasteiger charge is 2.25. The van der Waals surface area contributed by atoms with E-state index in [1.165, 1.54) is 0 Å². The van der Waals surface area contributed by atoms with Gasteiger partial charge in [0.25, 0.3) is 0 Å². The summed E-state index contributed by atoms with van der Waals surface area (Å²) in [5.41, 5.74) is 0. The van der Waals surface area contributed by atoms with Crippen molar-refractivity contribution in [2.24, 2.45) is 0 Å². The first kappa shape index (κ1) is 23.0. The molecule has 1 rings (SSSR count). The zero-order chi connectivity index (χ0) is 19.4. The van der Waals surface area contributed by atoms with Crippen molar-refractivity contribution >= 4 is 24.5 Å². The summed E-state index contributed by atoms with van der Waals surface area (Å²) in [5.74, 6) is -0.557. The highest BCUT2D eigenvalue weighted by atomic mass is 32.1. The van der Waals surface area contributed by atoms with Gasteiger partial charge >= 0.3 is 5.97 Å². The van der Waals surface area contributed by atoms with Gasteiger partial charge in [0.1, 0.15) is 0 Å². The SMILES string of the molecule is CC(S)CCCC(O)/C=C/[C@H]1CCCC(=O)N1CCCCCCC(=O)O. The highest BCUT2D eigenvalue weighted by Crippen LogP contribution is 2.21. The molecule has 0 aromatic heterocycles. The number of hydrogen-bond donors (Lipinski definition) is 3. The number of nitrogens with zero attached hydrogens (tertiary/aromatic N) is 1. The molecule has 26 heavy (non-hydrogen) atoms. The smallest absolute Gasteiger partial charge is 0.303 e. The second-order valence-electron chi connectivity index (χ2n) is 7.34. The molecule has 1 saturated heterocycles. The van der Waals surface area contributed by atoms with E-state index < -0.39 is 12.1 Å². The van der Waals surface area contributed by atoms with Crippen LogP contribution in [0.4, 0.5) is 0 Å². The lowest BCUT2D eigenvalue weighted by molar-refractivity contribution is -0.137. The summed E-state index contributed by atoms with van der Waals surface area (Å²) in [4.78, 5) is 24.7. The maximum Gasteiger partial charge on any atom is 0.303 e. The summed E-state index contributed by atoms with van der Waals surface area (Å²) in [5, 5.41) is 19.1. The van der Waals surface area contributed by atoms with Crippen LogP contribution in [0, 0.1) is 0 Å². The van der Waals surface area contributed by atoms with Crippen LogP contribution in [-0.4, -0.2) is 50.9 Å². The van der Waals surface area contributed by atoms with Crippen molar-refractivity contribution < 1.29 is 19.8 Å². The Bertz CT molecular complexity index is 453. The summed E-state index contributed by atoms with van der Waals surface area (Å²) in [6.07, 6.45) is 12.1. The maximum atomic E-state index is 12.2. The molecular weight excluding hydrogens is 350 g/mol. The van der Waals surface area contributed by atoms with E-state index >= 15 is 0 Å². The summed E-state index contributed by atoms with van der Waals surface area (Å²) in [6, 6.07) is 0.0775. The van der Waals surface area contributed by atoms with Crippen LogP contribution in [0.3, 0.4) is 0 Å². The lowest BCUT2D eigenvalue weighted by Crippen LogP contribution is -2.43. The minimum absolute atomic E-state index is 0.0775. The number of carboxylic acids is 1. The normalized spacial score (nSPS) is 20.5. The van der Waals surface area contributed by atoms with E-state index in [4.69, 9.17) is 5.11 Å². The number of likely N-dealkylation sites (tertiary alicyclic amines) is 1. The van der Waals surface area contributed by atoms with Crippen LogP contribution in [0.2, 0.25) is 0 Å². The number of hydrogen-bond acceptors (Lipinski definition) is 4. The van der Waals surface area contributed by atoms with Gasteiger partial charge in [-0.2, -0.15) is 12.6 Å². The lowest BCUT2D eigenvalue weighted by Gasteiger charge is -2.34. The first-order valence-corrected chi connectivity index (χ1v) is 10.5. The van der Waals surface area contributed by atoms with Crippen LogP contribution in [0.1, 0.15) is 77.6 Å². The Morgan fingerprint density at radius 2 is 2.00 bits per heavy atom. The number of aliphatic hydroxyl groups excluding tert-OH is 1. The van der Waals surface area contributed by atoms with Crippen molar-refractivity contribution in [2.45, 2.75) is 94.9 Å². The largest absolute Gasteiger partial charge is 0.481 e. The van der Waals surface area contributed by atoms with Gasteiger partial charge in [-0.1, -0.05) is 31.9 Å². The van der Waals surface area contributed by atoms with Crippen LogP contribution in [0.15, 0.2) is 12.2 Å². The number of amides is 1. The van der Waals surface area contributed by atoms with Gasteiger partial charge in [-0.15, -0.1) is 0 Å². The number of carbonyl (C=O) groups is 2. The van der Waals surface area contributed by atoms with Gasteiger partial charge in [-0.25, -0.2) is 0 Å². The summed E-state index contributed by atoms with van der Waals surface area (Å²) >= 11 is 4.35. The molecule has 5 nitrogen and oxygen atoms in total. The molecule has 2 N–H and O–H groups in total. The number of aliphatic carboxylic acids is 1. The molecule has 1 amide bonds. The molecule has 0 aliphatic carbocycles. The third-order valence-electron chi connectivity index (χ3n) is 4.83. The van der Waals surface area contributed by atoms with Gasteiger partial charge in [-0.3, -0.25) is 9.59 Å². The summed E-state index contributed by atoms with van der Waals surface area (Å²) in [6.45, 7) is 2.77. The van der Waals surface area contributed by atoms with E-state index in [1.807, 2.05) is 17.1 Å². The Hall–Kier alpha value is -1.01.